The molecular weight excluding hydrogens is 705 g/mol. The van der Waals surface area contributed by atoms with Crippen molar-refractivity contribution in [3.63, 3.8) is 0 Å². The van der Waals surface area contributed by atoms with E-state index in [2.05, 4.69) is 6.07 Å². The zero-order chi connectivity index (χ0) is 45.0. The van der Waals surface area contributed by atoms with Crippen LogP contribution in [-0.2, 0) is 0 Å². The second kappa shape index (κ2) is 12.8. The summed E-state index contributed by atoms with van der Waals surface area (Å²) < 4.78 is 87.1. The molecule has 0 fully saturated rings. The van der Waals surface area contributed by atoms with Crippen LogP contribution in [0.15, 0.2) is 174 Å². The number of hydrogen-bond donors (Lipinski definition) is 0. The number of fused-ring (bicyclic) bond motifs is 8. The van der Waals surface area contributed by atoms with E-state index in [0.29, 0.717) is 27.9 Å². The highest BCUT2D eigenvalue weighted by Gasteiger charge is 2.20. The summed E-state index contributed by atoms with van der Waals surface area (Å²) in [6.07, 6.45) is 0. The van der Waals surface area contributed by atoms with Crippen LogP contribution in [0.25, 0.3) is 109 Å². The standard InChI is InChI=1S/C50H28N4OS/c51-29-30-20-22-33(23-21-30)36-16-9-19-44-45(36)42-28-34(25-27-43(42)55-44)48-52-49(40-15-7-6-13-35(40)31-10-2-1-3-11-31)54-50(53-48)41-18-8-17-38-39-26-24-32-12-4-5-14-37(32)46(39)56-47(38)41/h1-28H/i4D,5D,8D,12D,14D,17D,18D,24D,26D. The predicted octanol–water partition coefficient (Wildman–Crippen LogP) is 13.5. The lowest BCUT2D eigenvalue weighted by molar-refractivity contribution is 0.669. The maximum Gasteiger partial charge on any atom is 0.165 e. The molecule has 8 aromatic carbocycles. The Balaban J connectivity index is 1.23. The molecule has 3 aromatic heterocycles. The smallest absolute Gasteiger partial charge is 0.165 e. The minimum atomic E-state index is -0.535. The molecule has 260 valence electrons. The molecule has 0 N–H and O–H groups in total. The maximum absolute atomic E-state index is 9.45. The van der Waals surface area contributed by atoms with Crippen molar-refractivity contribution in [2.45, 2.75) is 0 Å². The number of nitriles is 1. The van der Waals surface area contributed by atoms with Gasteiger partial charge in [0.25, 0.3) is 0 Å². The van der Waals surface area contributed by atoms with E-state index < -0.39 is 36.3 Å². The quantitative estimate of drug-likeness (QED) is 0.176. The predicted molar refractivity (Wildman–Crippen MR) is 229 cm³/mol. The van der Waals surface area contributed by atoms with E-state index in [0.717, 1.165) is 44.4 Å². The summed E-state index contributed by atoms with van der Waals surface area (Å²) >= 11 is 1.01. The number of rotatable bonds is 5. The number of benzene rings is 8. The SMILES string of the molecule is [2H]c1c([2H])c([2H])c2c(sc3c4c([2H])c([2H])c([2H])c([2H])c4c([2H])c([2H])c32)c1-c1nc(-c2ccc3oc4cccc(-c5ccc(C#N)cc5)c4c3c2)nc(-c2ccccc2-c2ccccc2)n1. The molecule has 0 unspecified atom stereocenters. The van der Waals surface area contributed by atoms with E-state index in [1.807, 2.05) is 103 Å². The molecule has 11 rings (SSSR count). The Labute approximate surface area is 338 Å². The van der Waals surface area contributed by atoms with Crippen LogP contribution in [0.4, 0.5) is 0 Å². The maximum atomic E-state index is 9.45. The Morgan fingerprint density at radius 3 is 2.05 bits per heavy atom. The van der Waals surface area contributed by atoms with Gasteiger partial charge >= 0.3 is 0 Å². The van der Waals surface area contributed by atoms with Gasteiger partial charge in [-0.25, -0.2) is 15.0 Å². The van der Waals surface area contributed by atoms with E-state index in [-0.39, 0.29) is 72.1 Å². The average molecular weight is 742 g/mol. The first kappa shape index (κ1) is 24.0. The first-order valence-electron chi connectivity index (χ1n) is 22.2. The molecule has 11 aromatic rings. The highest BCUT2D eigenvalue weighted by Crippen LogP contribution is 2.43. The lowest BCUT2D eigenvalue weighted by atomic mass is 9.98. The van der Waals surface area contributed by atoms with E-state index in [9.17, 15) is 6.63 Å². The van der Waals surface area contributed by atoms with Crippen LogP contribution >= 0.6 is 11.3 Å². The Hall–Kier alpha value is -7.46. The Morgan fingerprint density at radius 2 is 1.20 bits per heavy atom. The summed E-state index contributed by atoms with van der Waals surface area (Å²) in [5.41, 5.74) is 6.61. The third-order valence-corrected chi connectivity index (χ3v) is 11.2. The number of nitrogens with zero attached hydrogens (tertiary/aromatic N) is 4. The summed E-state index contributed by atoms with van der Waals surface area (Å²) in [4.78, 5) is 15.2. The first-order valence-corrected chi connectivity index (χ1v) is 18.5. The molecule has 56 heavy (non-hydrogen) atoms. The first-order chi connectivity index (χ1) is 31.4. The summed E-state index contributed by atoms with van der Waals surface area (Å²) in [5, 5.41) is 11.1. The molecule has 0 amide bonds. The van der Waals surface area contributed by atoms with Crippen LogP contribution in [0.1, 0.15) is 17.9 Å². The molecule has 0 saturated heterocycles. The van der Waals surface area contributed by atoms with Gasteiger partial charge in [0.05, 0.1) is 24.0 Å². The van der Waals surface area contributed by atoms with Crippen molar-refractivity contribution in [1.29, 1.82) is 5.26 Å². The molecule has 0 radical (unpaired) electrons. The fraction of sp³-hybridized carbons (Fsp3) is 0. The second-order valence-corrected chi connectivity index (χ2v) is 14.2. The lowest BCUT2D eigenvalue weighted by Crippen LogP contribution is -2.01. The molecule has 0 aliphatic heterocycles. The van der Waals surface area contributed by atoms with Gasteiger partial charge in [-0.3, -0.25) is 0 Å². The molecule has 0 saturated carbocycles. The van der Waals surface area contributed by atoms with Crippen molar-refractivity contribution in [2.75, 3.05) is 0 Å². The minimum Gasteiger partial charge on any atom is -0.456 e. The fourth-order valence-corrected chi connectivity index (χ4v) is 8.52. The highest BCUT2D eigenvalue weighted by atomic mass is 32.1. The number of furan rings is 1. The van der Waals surface area contributed by atoms with E-state index in [1.54, 1.807) is 12.1 Å². The molecule has 0 bridgehead atoms. The molecule has 3 heterocycles. The molecule has 0 aliphatic rings. The largest absolute Gasteiger partial charge is 0.456 e. The molecule has 5 nitrogen and oxygen atoms in total. The van der Waals surface area contributed by atoms with Crippen molar-refractivity contribution >= 4 is 64.2 Å². The van der Waals surface area contributed by atoms with Gasteiger partial charge in [0.1, 0.15) is 11.2 Å². The van der Waals surface area contributed by atoms with Crippen LogP contribution < -0.4 is 0 Å². The second-order valence-electron chi connectivity index (χ2n) is 13.2. The van der Waals surface area contributed by atoms with Gasteiger partial charge in [-0.2, -0.15) is 5.26 Å². The van der Waals surface area contributed by atoms with Gasteiger partial charge in [0.2, 0.25) is 0 Å². The highest BCUT2D eigenvalue weighted by molar-refractivity contribution is 7.27. The van der Waals surface area contributed by atoms with Crippen LogP contribution in [0.5, 0.6) is 0 Å². The molecule has 0 aliphatic carbocycles. The van der Waals surface area contributed by atoms with Crippen LogP contribution in [0, 0.1) is 11.3 Å². The zero-order valence-electron chi connectivity index (χ0n) is 38.1. The fourth-order valence-electron chi connectivity index (χ4n) is 7.31. The van der Waals surface area contributed by atoms with Crippen molar-refractivity contribution in [2.24, 2.45) is 0 Å². The number of thiophene rings is 1. The van der Waals surface area contributed by atoms with E-state index in [1.165, 1.54) is 0 Å². The summed E-state index contributed by atoms with van der Waals surface area (Å²) in [5.74, 6) is 0.482. The van der Waals surface area contributed by atoms with Gasteiger partial charge < -0.3 is 4.42 Å². The van der Waals surface area contributed by atoms with Crippen molar-refractivity contribution < 1.29 is 16.8 Å². The van der Waals surface area contributed by atoms with Crippen molar-refractivity contribution in [1.82, 2.24) is 15.0 Å². The molecular formula is C50H28N4OS. The average Bonchev–Trinajstić information content (AvgIpc) is 3.92. The zero-order valence-corrected chi connectivity index (χ0v) is 29.9. The summed E-state index contributed by atoms with van der Waals surface area (Å²) in [6.45, 7) is 0. The van der Waals surface area contributed by atoms with E-state index in [4.69, 9.17) is 30.3 Å². The van der Waals surface area contributed by atoms with Crippen LogP contribution in [-0.4, -0.2) is 15.0 Å². The third-order valence-electron chi connectivity index (χ3n) is 9.93. The van der Waals surface area contributed by atoms with Gasteiger partial charge in [-0.05, 0) is 75.5 Å². The molecule has 0 spiro atoms. The lowest BCUT2D eigenvalue weighted by Gasteiger charge is -2.12. The van der Waals surface area contributed by atoms with Crippen molar-refractivity contribution in [3.05, 3.63) is 175 Å². The van der Waals surface area contributed by atoms with E-state index >= 15 is 0 Å². The van der Waals surface area contributed by atoms with Crippen LogP contribution in [0.3, 0.4) is 0 Å². The minimum absolute atomic E-state index is 0.00202. The van der Waals surface area contributed by atoms with Gasteiger partial charge in [0, 0.05) is 47.6 Å². The van der Waals surface area contributed by atoms with Gasteiger partial charge in [-0.1, -0.05) is 127 Å². The monoisotopic (exact) mass is 741 g/mol. The topological polar surface area (TPSA) is 75.6 Å². The Morgan fingerprint density at radius 1 is 0.500 bits per heavy atom. The molecule has 0 atom stereocenters. The Kier molecular flexibility index (Phi) is 5.52. The number of hydrogen-bond acceptors (Lipinski definition) is 6. The third kappa shape index (κ3) is 5.18. The van der Waals surface area contributed by atoms with Gasteiger partial charge in [-0.15, -0.1) is 11.3 Å². The Bertz CT molecular complexity index is 3900. The van der Waals surface area contributed by atoms with Crippen molar-refractivity contribution in [3.8, 4) is 62.5 Å². The van der Waals surface area contributed by atoms with Gasteiger partial charge in [0.15, 0.2) is 17.5 Å². The summed E-state index contributed by atoms with van der Waals surface area (Å²) in [6, 6.07) is 34.4. The number of aromatic nitrogens is 3. The normalized spacial score (nSPS) is 13.8. The molecule has 6 heteroatoms. The van der Waals surface area contributed by atoms with Crippen LogP contribution in [0.2, 0.25) is 0 Å². The summed E-state index contributed by atoms with van der Waals surface area (Å²) in [7, 11) is 0.